The van der Waals surface area contributed by atoms with Gasteiger partial charge in [-0.05, 0) is 44.1 Å². The van der Waals surface area contributed by atoms with Gasteiger partial charge in [0.1, 0.15) is 16.9 Å². The molecule has 3 N–H and O–H groups in total. The normalized spacial score (nSPS) is 19.4. The zero-order valence-corrected chi connectivity index (χ0v) is 17.0. The minimum atomic E-state index is -0.756. The summed E-state index contributed by atoms with van der Waals surface area (Å²) in [5.41, 5.74) is 0.527. The third-order valence-electron chi connectivity index (χ3n) is 5.31. The highest BCUT2D eigenvalue weighted by Gasteiger charge is 2.32. The lowest BCUT2D eigenvalue weighted by atomic mass is 9.85. The van der Waals surface area contributed by atoms with Gasteiger partial charge >= 0.3 is 0 Å². The third-order valence-corrected chi connectivity index (χ3v) is 5.54. The first kappa shape index (κ1) is 20.3. The fraction of sp³-hybridized carbons (Fsp3) is 0.261. The largest absolute Gasteiger partial charge is 0.507 e. The predicted molar refractivity (Wildman–Crippen MR) is 114 cm³/mol. The monoisotopic (exact) mass is 425 g/mol. The van der Waals surface area contributed by atoms with Crippen molar-refractivity contribution in [2.75, 3.05) is 20.1 Å². The second kappa shape index (κ2) is 8.04. The van der Waals surface area contributed by atoms with Crippen LogP contribution in [-0.2, 0) is 0 Å². The highest BCUT2D eigenvalue weighted by atomic mass is 35.5. The molecule has 0 radical (unpaired) electrons. The second-order valence-electron chi connectivity index (χ2n) is 7.49. The lowest BCUT2D eigenvalue weighted by Crippen LogP contribution is -2.40. The van der Waals surface area contributed by atoms with Crippen LogP contribution in [-0.4, -0.2) is 46.5 Å². The Morgan fingerprint density at radius 2 is 1.97 bits per heavy atom. The first-order valence-corrected chi connectivity index (χ1v) is 9.88. The van der Waals surface area contributed by atoms with E-state index in [2.05, 4.69) is 11.8 Å². The van der Waals surface area contributed by atoms with Gasteiger partial charge in [-0.3, -0.25) is 4.79 Å². The molecule has 1 aromatic heterocycles. The van der Waals surface area contributed by atoms with Crippen molar-refractivity contribution in [1.82, 2.24) is 4.90 Å². The molecule has 4 rings (SSSR count). The van der Waals surface area contributed by atoms with Gasteiger partial charge in [0.2, 0.25) is 0 Å². The lowest BCUT2D eigenvalue weighted by Gasteiger charge is -2.34. The van der Waals surface area contributed by atoms with Crippen molar-refractivity contribution in [3.05, 3.63) is 68.5 Å². The van der Waals surface area contributed by atoms with Crippen LogP contribution in [0.15, 0.2) is 45.6 Å². The zero-order chi connectivity index (χ0) is 21.4. The van der Waals surface area contributed by atoms with Gasteiger partial charge in [-0.15, -0.1) is 0 Å². The number of piperidine rings is 1. The topological polar surface area (TPSA) is 94.1 Å². The molecule has 1 aliphatic rings. The third kappa shape index (κ3) is 3.88. The average molecular weight is 426 g/mol. The van der Waals surface area contributed by atoms with Crippen LogP contribution in [0.4, 0.5) is 0 Å². The molecule has 0 aliphatic carbocycles. The highest BCUT2D eigenvalue weighted by molar-refractivity contribution is 6.30. The van der Waals surface area contributed by atoms with E-state index in [0.717, 1.165) is 6.07 Å². The molecule has 1 aliphatic heterocycles. The van der Waals surface area contributed by atoms with Gasteiger partial charge in [-0.25, -0.2) is 0 Å². The van der Waals surface area contributed by atoms with E-state index in [4.69, 9.17) is 16.0 Å². The molecule has 3 aromatic rings. The maximum absolute atomic E-state index is 12.7. The minimum Gasteiger partial charge on any atom is -0.507 e. The van der Waals surface area contributed by atoms with Crippen LogP contribution in [0, 0.1) is 11.8 Å². The van der Waals surface area contributed by atoms with E-state index in [1.807, 2.05) is 11.9 Å². The Morgan fingerprint density at radius 3 is 2.70 bits per heavy atom. The number of halogens is 1. The highest BCUT2D eigenvalue weighted by Crippen LogP contribution is 2.41. The van der Waals surface area contributed by atoms with Crippen molar-refractivity contribution in [2.45, 2.75) is 18.4 Å². The van der Waals surface area contributed by atoms with E-state index in [1.165, 1.54) is 6.07 Å². The van der Waals surface area contributed by atoms with Gasteiger partial charge < -0.3 is 24.6 Å². The van der Waals surface area contributed by atoms with Crippen LogP contribution < -0.4 is 5.43 Å². The van der Waals surface area contributed by atoms with Gasteiger partial charge in [0.15, 0.2) is 16.8 Å². The summed E-state index contributed by atoms with van der Waals surface area (Å²) in [5.74, 6) is 4.73. The summed E-state index contributed by atoms with van der Waals surface area (Å²) in [4.78, 5) is 14.7. The van der Waals surface area contributed by atoms with Crippen LogP contribution in [0.1, 0.15) is 29.2 Å². The van der Waals surface area contributed by atoms with Crippen LogP contribution in [0.3, 0.4) is 0 Å². The molecule has 6 nitrogen and oxygen atoms in total. The number of aliphatic hydroxyl groups excluding tert-OH is 1. The van der Waals surface area contributed by atoms with Crippen molar-refractivity contribution in [3.8, 4) is 23.3 Å². The SMILES string of the molecule is CN1CCC(c2c(O)cc(O)c3c(=O)cc(C#Cc4cccc(Cl)c4)oc23)C(O)C1. The maximum atomic E-state index is 12.7. The molecule has 0 amide bonds. The number of likely N-dealkylation sites (N-methyl/N-ethyl adjacent to an activating group) is 1. The van der Waals surface area contributed by atoms with E-state index in [0.29, 0.717) is 35.7 Å². The first-order valence-electron chi connectivity index (χ1n) is 9.50. The first-order chi connectivity index (χ1) is 14.3. The van der Waals surface area contributed by atoms with Gasteiger partial charge in [-0.1, -0.05) is 23.6 Å². The summed E-state index contributed by atoms with van der Waals surface area (Å²) in [7, 11) is 1.90. The van der Waals surface area contributed by atoms with E-state index in [9.17, 15) is 20.1 Å². The summed E-state index contributed by atoms with van der Waals surface area (Å²) >= 11 is 5.97. The van der Waals surface area contributed by atoms with Crippen LogP contribution >= 0.6 is 11.6 Å². The number of rotatable bonds is 1. The zero-order valence-electron chi connectivity index (χ0n) is 16.2. The summed E-state index contributed by atoms with van der Waals surface area (Å²) in [6, 6.07) is 9.27. The molecule has 30 heavy (non-hydrogen) atoms. The number of benzene rings is 2. The van der Waals surface area contributed by atoms with E-state index in [1.54, 1.807) is 24.3 Å². The Labute approximate surface area is 177 Å². The number of hydrogen-bond acceptors (Lipinski definition) is 6. The van der Waals surface area contributed by atoms with Crippen molar-refractivity contribution >= 4 is 22.6 Å². The summed E-state index contributed by atoms with van der Waals surface area (Å²) < 4.78 is 5.86. The Morgan fingerprint density at radius 1 is 1.17 bits per heavy atom. The summed E-state index contributed by atoms with van der Waals surface area (Å²) in [5, 5.41) is 31.9. The standard InChI is InChI=1S/C23H20ClNO5/c1-25-8-7-16(20(29)12-25)21-18(27)11-19(28)22-17(26)10-15(30-23(21)22)6-5-13-3-2-4-14(24)9-13/h2-4,9-11,16,20,27-29H,7-8,12H2,1H3. The van der Waals surface area contributed by atoms with Gasteiger partial charge in [0, 0.05) is 40.7 Å². The number of nitrogens with zero attached hydrogens (tertiary/aromatic N) is 1. The van der Waals surface area contributed by atoms with Gasteiger partial charge in [-0.2, -0.15) is 0 Å². The number of aromatic hydroxyl groups is 2. The molecule has 0 bridgehead atoms. The number of phenolic OH excluding ortho intramolecular Hbond substituents is 2. The Bertz CT molecular complexity index is 1240. The van der Waals surface area contributed by atoms with Crippen molar-refractivity contribution in [1.29, 1.82) is 0 Å². The van der Waals surface area contributed by atoms with Crippen molar-refractivity contribution < 1.29 is 19.7 Å². The molecule has 1 fully saturated rings. The molecule has 154 valence electrons. The minimum absolute atomic E-state index is 0.0396. The number of fused-ring (bicyclic) bond motifs is 1. The molecule has 7 heteroatoms. The smallest absolute Gasteiger partial charge is 0.197 e. The van der Waals surface area contributed by atoms with Gasteiger partial charge in [0.05, 0.1) is 6.10 Å². The van der Waals surface area contributed by atoms with E-state index >= 15 is 0 Å². The van der Waals surface area contributed by atoms with Gasteiger partial charge in [0.25, 0.3) is 0 Å². The Hall–Kier alpha value is -2.98. The fourth-order valence-electron chi connectivity index (χ4n) is 3.87. The molecule has 2 unspecified atom stereocenters. The van der Waals surface area contributed by atoms with Crippen molar-refractivity contribution in [2.24, 2.45) is 0 Å². The molecule has 0 spiro atoms. The van der Waals surface area contributed by atoms with Crippen LogP contribution in [0.5, 0.6) is 11.5 Å². The molecule has 2 aromatic carbocycles. The molecular formula is C23H20ClNO5. The summed E-state index contributed by atoms with van der Waals surface area (Å²) in [6.45, 7) is 1.13. The Kier molecular flexibility index (Phi) is 5.44. The number of aliphatic hydroxyl groups is 1. The van der Waals surface area contributed by atoms with Crippen LogP contribution in [0.25, 0.3) is 11.0 Å². The van der Waals surface area contributed by atoms with E-state index < -0.39 is 17.5 Å². The number of likely N-dealkylation sites (tertiary alicyclic amines) is 1. The number of hydrogen-bond donors (Lipinski definition) is 3. The predicted octanol–water partition coefficient (Wildman–Crippen LogP) is 3.04. The fourth-order valence-corrected chi connectivity index (χ4v) is 4.06. The Balaban J connectivity index is 1.88. The molecule has 2 atom stereocenters. The van der Waals surface area contributed by atoms with Crippen molar-refractivity contribution in [3.63, 3.8) is 0 Å². The maximum Gasteiger partial charge on any atom is 0.197 e. The lowest BCUT2D eigenvalue weighted by molar-refractivity contribution is 0.0630. The number of β-amino-alcohol motifs (C(OH)–C–C–N with tert-alkyl or cyclic N) is 1. The molecular weight excluding hydrogens is 406 g/mol. The van der Waals surface area contributed by atoms with E-state index in [-0.39, 0.29) is 28.2 Å². The summed E-state index contributed by atoms with van der Waals surface area (Å²) in [6.07, 6.45) is -0.193. The molecule has 2 heterocycles. The molecule has 0 saturated carbocycles. The number of phenols is 2. The quantitative estimate of drug-likeness (QED) is 0.519. The molecule has 1 saturated heterocycles. The average Bonchev–Trinajstić information content (AvgIpc) is 2.67. The van der Waals surface area contributed by atoms with Crippen LogP contribution in [0.2, 0.25) is 5.02 Å². The second-order valence-corrected chi connectivity index (χ2v) is 7.93.